The van der Waals surface area contributed by atoms with E-state index in [-0.39, 0.29) is 11.5 Å². The Bertz CT molecular complexity index is 995. The molecule has 6 nitrogen and oxygen atoms in total. The summed E-state index contributed by atoms with van der Waals surface area (Å²) in [7, 11) is 2.08. The Kier molecular flexibility index (Phi) is 4.72. The highest BCUT2D eigenvalue weighted by atomic mass is 16.1. The van der Waals surface area contributed by atoms with E-state index < -0.39 is 0 Å². The SMILES string of the molecule is CC(C)c1cc(=O)n(CC2CCN(c3nc4ccccc4n3C)CC2)cn1. The Morgan fingerprint density at radius 1 is 1.19 bits per heavy atom. The largest absolute Gasteiger partial charge is 0.342 e. The van der Waals surface area contributed by atoms with Crippen molar-refractivity contribution in [3.8, 4) is 0 Å². The number of anilines is 1. The van der Waals surface area contributed by atoms with Gasteiger partial charge in [-0.2, -0.15) is 0 Å². The van der Waals surface area contributed by atoms with Gasteiger partial charge in [0.15, 0.2) is 0 Å². The van der Waals surface area contributed by atoms with Gasteiger partial charge in [-0.1, -0.05) is 26.0 Å². The summed E-state index contributed by atoms with van der Waals surface area (Å²) in [4.78, 5) is 24.0. The quantitative estimate of drug-likeness (QED) is 0.713. The summed E-state index contributed by atoms with van der Waals surface area (Å²) in [5, 5.41) is 0. The molecule has 1 fully saturated rings. The number of rotatable bonds is 4. The van der Waals surface area contributed by atoms with Gasteiger partial charge in [-0.25, -0.2) is 9.97 Å². The van der Waals surface area contributed by atoms with Crippen LogP contribution in [0.1, 0.15) is 38.3 Å². The van der Waals surface area contributed by atoms with Crippen LogP contribution in [-0.4, -0.2) is 32.2 Å². The average Bonchev–Trinajstić information content (AvgIpc) is 3.01. The van der Waals surface area contributed by atoms with Crippen molar-refractivity contribution in [2.24, 2.45) is 13.0 Å². The third-order valence-electron chi connectivity index (χ3n) is 5.61. The Hall–Kier alpha value is -2.63. The van der Waals surface area contributed by atoms with Crippen LogP contribution in [-0.2, 0) is 13.6 Å². The van der Waals surface area contributed by atoms with E-state index in [1.807, 2.05) is 6.07 Å². The van der Waals surface area contributed by atoms with Crippen molar-refractivity contribution in [2.75, 3.05) is 18.0 Å². The first-order valence-electron chi connectivity index (χ1n) is 9.75. The molecule has 1 aromatic carbocycles. The van der Waals surface area contributed by atoms with Crippen molar-refractivity contribution < 1.29 is 0 Å². The molecule has 0 unspecified atom stereocenters. The van der Waals surface area contributed by atoms with Crippen molar-refractivity contribution in [1.29, 1.82) is 0 Å². The fraction of sp³-hybridized carbons (Fsp3) is 0.476. The van der Waals surface area contributed by atoms with Crippen molar-refractivity contribution >= 4 is 17.0 Å². The van der Waals surface area contributed by atoms with Gasteiger partial charge in [0, 0.05) is 32.7 Å². The number of imidazole rings is 1. The van der Waals surface area contributed by atoms with Gasteiger partial charge in [-0.15, -0.1) is 0 Å². The minimum absolute atomic E-state index is 0.0616. The number of aryl methyl sites for hydroxylation is 1. The topological polar surface area (TPSA) is 56.0 Å². The molecule has 0 atom stereocenters. The van der Waals surface area contributed by atoms with Crippen molar-refractivity contribution in [1.82, 2.24) is 19.1 Å². The Balaban J connectivity index is 1.43. The molecule has 3 aromatic rings. The van der Waals surface area contributed by atoms with Gasteiger partial charge in [-0.05, 0) is 36.8 Å². The van der Waals surface area contributed by atoms with Crippen molar-refractivity contribution in [2.45, 2.75) is 39.2 Å². The number of nitrogens with zero attached hydrogens (tertiary/aromatic N) is 5. The van der Waals surface area contributed by atoms with E-state index in [2.05, 4.69) is 53.5 Å². The summed E-state index contributed by atoms with van der Waals surface area (Å²) < 4.78 is 3.94. The van der Waals surface area contributed by atoms with Gasteiger partial charge in [0.25, 0.3) is 5.56 Å². The Labute approximate surface area is 159 Å². The summed E-state index contributed by atoms with van der Waals surface area (Å²) in [6, 6.07) is 9.93. The summed E-state index contributed by atoms with van der Waals surface area (Å²) in [5.74, 6) is 1.82. The van der Waals surface area contributed by atoms with E-state index in [0.717, 1.165) is 55.2 Å². The van der Waals surface area contributed by atoms with Crippen LogP contribution in [0.5, 0.6) is 0 Å². The summed E-state index contributed by atoms with van der Waals surface area (Å²) >= 11 is 0. The first kappa shape index (κ1) is 17.8. The normalized spacial score (nSPS) is 15.8. The van der Waals surface area contributed by atoms with Crippen LogP contribution in [0.15, 0.2) is 41.5 Å². The molecule has 6 heteroatoms. The lowest BCUT2D eigenvalue weighted by Gasteiger charge is -2.32. The molecular formula is C21H27N5O. The molecule has 1 aliphatic rings. The Morgan fingerprint density at radius 2 is 1.93 bits per heavy atom. The van der Waals surface area contributed by atoms with E-state index >= 15 is 0 Å². The number of hydrogen-bond acceptors (Lipinski definition) is 4. The molecule has 0 bridgehead atoms. The van der Waals surface area contributed by atoms with E-state index in [1.54, 1.807) is 17.0 Å². The van der Waals surface area contributed by atoms with E-state index in [1.165, 1.54) is 0 Å². The van der Waals surface area contributed by atoms with Crippen LogP contribution < -0.4 is 10.5 Å². The lowest BCUT2D eigenvalue weighted by atomic mass is 9.97. The monoisotopic (exact) mass is 365 g/mol. The molecular weight excluding hydrogens is 338 g/mol. The predicted molar refractivity (Wildman–Crippen MR) is 108 cm³/mol. The molecule has 0 N–H and O–H groups in total. The molecule has 2 aromatic heterocycles. The van der Waals surface area contributed by atoms with Gasteiger partial charge in [0.1, 0.15) is 0 Å². The van der Waals surface area contributed by atoms with Crippen LogP contribution in [0.2, 0.25) is 0 Å². The molecule has 0 saturated carbocycles. The first-order chi connectivity index (χ1) is 13.0. The number of fused-ring (bicyclic) bond motifs is 1. The average molecular weight is 365 g/mol. The molecule has 27 heavy (non-hydrogen) atoms. The molecule has 0 aliphatic carbocycles. The molecule has 1 aliphatic heterocycles. The zero-order valence-electron chi connectivity index (χ0n) is 16.3. The van der Waals surface area contributed by atoms with E-state index in [9.17, 15) is 4.79 Å². The van der Waals surface area contributed by atoms with Crippen LogP contribution in [0.25, 0.3) is 11.0 Å². The molecule has 142 valence electrons. The second kappa shape index (κ2) is 7.18. The van der Waals surface area contributed by atoms with Gasteiger partial charge < -0.3 is 9.47 Å². The lowest BCUT2D eigenvalue weighted by molar-refractivity contribution is 0.348. The molecule has 3 heterocycles. The molecule has 0 amide bonds. The highest BCUT2D eigenvalue weighted by Gasteiger charge is 2.23. The number of aromatic nitrogens is 4. The van der Waals surface area contributed by atoms with E-state index in [0.29, 0.717) is 5.92 Å². The highest BCUT2D eigenvalue weighted by Crippen LogP contribution is 2.26. The minimum Gasteiger partial charge on any atom is -0.342 e. The van der Waals surface area contributed by atoms with Crippen molar-refractivity contribution in [3.05, 3.63) is 52.7 Å². The number of hydrogen-bond donors (Lipinski definition) is 0. The van der Waals surface area contributed by atoms with Crippen LogP contribution in [0, 0.1) is 5.92 Å². The maximum atomic E-state index is 12.3. The standard InChI is InChI=1S/C21H27N5O/c1-15(2)18-12-20(27)26(14-22-18)13-16-8-10-25(11-9-16)21-23-17-6-4-5-7-19(17)24(21)3/h4-7,12,14-16H,8-11,13H2,1-3H3. The van der Waals surface area contributed by atoms with Gasteiger partial charge in [0.05, 0.1) is 23.1 Å². The third kappa shape index (κ3) is 3.48. The zero-order valence-corrected chi connectivity index (χ0v) is 16.3. The van der Waals surface area contributed by atoms with Gasteiger partial charge in [0.2, 0.25) is 5.95 Å². The number of benzene rings is 1. The van der Waals surface area contributed by atoms with Crippen LogP contribution in [0.4, 0.5) is 5.95 Å². The number of piperidine rings is 1. The summed E-state index contributed by atoms with van der Waals surface area (Å²) in [6.45, 7) is 6.80. The van der Waals surface area contributed by atoms with Crippen molar-refractivity contribution in [3.63, 3.8) is 0 Å². The number of para-hydroxylation sites is 2. The molecule has 4 rings (SSSR count). The Morgan fingerprint density at radius 3 is 2.59 bits per heavy atom. The first-order valence-corrected chi connectivity index (χ1v) is 9.75. The lowest BCUT2D eigenvalue weighted by Crippen LogP contribution is -2.37. The maximum Gasteiger partial charge on any atom is 0.253 e. The second-order valence-corrected chi connectivity index (χ2v) is 7.85. The second-order valence-electron chi connectivity index (χ2n) is 7.85. The molecule has 1 saturated heterocycles. The summed E-state index contributed by atoms with van der Waals surface area (Å²) in [5.41, 5.74) is 3.14. The highest BCUT2D eigenvalue weighted by molar-refractivity contribution is 5.78. The van der Waals surface area contributed by atoms with Crippen LogP contribution in [0.3, 0.4) is 0 Å². The molecule has 0 spiro atoms. The van der Waals surface area contributed by atoms with Gasteiger partial charge >= 0.3 is 0 Å². The smallest absolute Gasteiger partial charge is 0.253 e. The molecule has 0 radical (unpaired) electrons. The summed E-state index contributed by atoms with van der Waals surface area (Å²) in [6.07, 6.45) is 3.83. The minimum atomic E-state index is 0.0616. The third-order valence-corrected chi connectivity index (χ3v) is 5.61. The predicted octanol–water partition coefficient (Wildman–Crippen LogP) is 3.17. The zero-order chi connectivity index (χ0) is 19.0. The van der Waals surface area contributed by atoms with Crippen LogP contribution >= 0.6 is 0 Å². The van der Waals surface area contributed by atoms with E-state index in [4.69, 9.17) is 4.98 Å². The fourth-order valence-corrected chi connectivity index (χ4v) is 3.90. The fourth-order valence-electron chi connectivity index (χ4n) is 3.90. The maximum absolute atomic E-state index is 12.3. The van der Waals surface area contributed by atoms with Gasteiger partial charge in [-0.3, -0.25) is 9.36 Å².